The van der Waals surface area contributed by atoms with Crippen molar-refractivity contribution in [2.24, 2.45) is 5.92 Å². The topological polar surface area (TPSA) is 78.4 Å². The van der Waals surface area contributed by atoms with Crippen LogP contribution in [0.25, 0.3) is 0 Å². The summed E-state index contributed by atoms with van der Waals surface area (Å²) in [4.78, 5) is 24.5. The zero-order valence-corrected chi connectivity index (χ0v) is 13.0. The second-order valence-corrected chi connectivity index (χ2v) is 6.74. The van der Waals surface area contributed by atoms with Gasteiger partial charge in [0.2, 0.25) is 5.91 Å². The first-order valence-corrected chi connectivity index (χ1v) is 8.15. The number of nitrogens with one attached hydrogen (secondary N) is 2. The maximum absolute atomic E-state index is 12.1. The molecule has 0 saturated heterocycles. The van der Waals surface area contributed by atoms with E-state index in [2.05, 4.69) is 10.6 Å². The van der Waals surface area contributed by atoms with Gasteiger partial charge in [0.1, 0.15) is 0 Å². The van der Waals surface area contributed by atoms with Gasteiger partial charge in [0.25, 0.3) is 5.91 Å². The summed E-state index contributed by atoms with van der Waals surface area (Å²) in [6.07, 6.45) is 3.53. The molecule has 116 valence electrons. The molecular formula is C15H22N2O3S. The molecule has 6 heteroatoms. The van der Waals surface area contributed by atoms with Crippen molar-refractivity contribution in [1.29, 1.82) is 0 Å². The molecule has 1 saturated carbocycles. The van der Waals surface area contributed by atoms with E-state index < -0.39 is 0 Å². The van der Waals surface area contributed by atoms with E-state index in [0.717, 1.165) is 30.6 Å². The molecule has 1 heterocycles. The summed E-state index contributed by atoms with van der Waals surface area (Å²) < 4.78 is 0. The van der Waals surface area contributed by atoms with Gasteiger partial charge in [0.05, 0.1) is 17.5 Å². The zero-order chi connectivity index (χ0) is 15.2. The van der Waals surface area contributed by atoms with E-state index in [0.29, 0.717) is 23.9 Å². The molecule has 1 aliphatic carbocycles. The minimum Gasteiger partial charge on any atom is -0.393 e. The molecule has 2 rings (SSSR count). The number of thiophene rings is 1. The third-order valence-electron chi connectivity index (χ3n) is 3.70. The van der Waals surface area contributed by atoms with Crippen LogP contribution in [0.15, 0.2) is 12.1 Å². The summed E-state index contributed by atoms with van der Waals surface area (Å²) in [5.74, 6) is 0.218. The van der Waals surface area contributed by atoms with Crippen molar-refractivity contribution in [3.8, 4) is 0 Å². The van der Waals surface area contributed by atoms with Crippen LogP contribution < -0.4 is 10.6 Å². The number of carbonyl (C=O) groups is 2. The Morgan fingerprint density at radius 3 is 2.86 bits per heavy atom. The van der Waals surface area contributed by atoms with Crippen molar-refractivity contribution < 1.29 is 14.7 Å². The second-order valence-electron chi connectivity index (χ2n) is 5.57. The number of rotatable bonds is 5. The lowest BCUT2D eigenvalue weighted by atomic mass is 9.87. The van der Waals surface area contributed by atoms with Crippen LogP contribution in [0, 0.1) is 5.92 Å². The fourth-order valence-corrected chi connectivity index (χ4v) is 3.44. The molecule has 2 amide bonds. The van der Waals surface area contributed by atoms with E-state index in [9.17, 15) is 14.7 Å². The van der Waals surface area contributed by atoms with Gasteiger partial charge in [-0.1, -0.05) is 6.42 Å². The van der Waals surface area contributed by atoms with Gasteiger partial charge in [0, 0.05) is 18.3 Å². The first-order chi connectivity index (χ1) is 10.0. The van der Waals surface area contributed by atoms with Gasteiger partial charge in [0.15, 0.2) is 0 Å². The van der Waals surface area contributed by atoms with Crippen LogP contribution in [0.5, 0.6) is 0 Å². The van der Waals surface area contributed by atoms with Gasteiger partial charge in [-0.05, 0) is 37.3 Å². The van der Waals surface area contributed by atoms with Crippen molar-refractivity contribution in [3.05, 3.63) is 21.9 Å². The fraction of sp³-hybridized carbons (Fsp3) is 0.600. The molecule has 0 spiro atoms. The Bertz CT molecular complexity index is 501. The molecule has 0 bridgehead atoms. The van der Waals surface area contributed by atoms with E-state index in [1.165, 1.54) is 18.3 Å². The highest BCUT2D eigenvalue weighted by atomic mass is 32.1. The van der Waals surface area contributed by atoms with E-state index >= 15 is 0 Å². The number of aliphatic hydroxyl groups is 1. The van der Waals surface area contributed by atoms with E-state index in [4.69, 9.17) is 0 Å². The van der Waals surface area contributed by atoms with E-state index in [-0.39, 0.29) is 17.9 Å². The van der Waals surface area contributed by atoms with Crippen LogP contribution >= 0.6 is 11.3 Å². The van der Waals surface area contributed by atoms with Gasteiger partial charge in [-0.2, -0.15) is 0 Å². The summed E-state index contributed by atoms with van der Waals surface area (Å²) in [5, 5.41) is 15.3. The van der Waals surface area contributed by atoms with Crippen LogP contribution in [0.3, 0.4) is 0 Å². The highest BCUT2D eigenvalue weighted by Gasteiger charge is 2.21. The molecule has 2 unspecified atom stereocenters. The summed E-state index contributed by atoms with van der Waals surface area (Å²) in [7, 11) is 0. The Kier molecular flexibility index (Phi) is 5.76. The molecule has 1 aromatic rings. The first-order valence-electron chi connectivity index (χ1n) is 7.34. The molecule has 1 aliphatic rings. The minimum atomic E-state index is -0.216. The van der Waals surface area contributed by atoms with Crippen molar-refractivity contribution in [3.63, 3.8) is 0 Å². The molecule has 21 heavy (non-hydrogen) atoms. The lowest BCUT2D eigenvalue weighted by Gasteiger charge is -2.25. The normalized spacial score (nSPS) is 21.8. The lowest BCUT2D eigenvalue weighted by Crippen LogP contribution is -2.32. The average Bonchev–Trinajstić information content (AvgIpc) is 2.91. The number of carbonyl (C=O) groups excluding carboxylic acids is 2. The third kappa shape index (κ3) is 5.13. The van der Waals surface area contributed by atoms with Crippen LogP contribution in [0.1, 0.15) is 47.2 Å². The molecule has 2 atom stereocenters. The maximum atomic E-state index is 12.1. The Morgan fingerprint density at radius 2 is 2.14 bits per heavy atom. The Labute approximate surface area is 128 Å². The van der Waals surface area contributed by atoms with Gasteiger partial charge in [-0.3, -0.25) is 9.59 Å². The quantitative estimate of drug-likeness (QED) is 0.774. The van der Waals surface area contributed by atoms with Crippen molar-refractivity contribution in [2.75, 3.05) is 6.54 Å². The highest BCUT2D eigenvalue weighted by molar-refractivity contribution is 7.14. The Morgan fingerprint density at radius 1 is 1.33 bits per heavy atom. The second kappa shape index (κ2) is 7.56. The molecule has 5 nitrogen and oxygen atoms in total. The van der Waals surface area contributed by atoms with Crippen LogP contribution in [-0.4, -0.2) is 29.6 Å². The third-order valence-corrected chi connectivity index (χ3v) is 4.79. The van der Waals surface area contributed by atoms with Crippen molar-refractivity contribution >= 4 is 23.2 Å². The van der Waals surface area contributed by atoms with Gasteiger partial charge < -0.3 is 15.7 Å². The fourth-order valence-electron chi connectivity index (χ4n) is 2.58. The summed E-state index contributed by atoms with van der Waals surface area (Å²) in [6, 6.07) is 3.65. The smallest absolute Gasteiger partial charge is 0.261 e. The highest BCUT2D eigenvalue weighted by Crippen LogP contribution is 2.23. The monoisotopic (exact) mass is 310 g/mol. The standard InChI is InChI=1S/C15H22N2O3S/c1-10(18)16-9-13-5-6-14(21-13)15(20)17-8-11-3-2-4-12(19)7-11/h5-6,11-12,19H,2-4,7-9H2,1H3,(H,16,18)(H,17,20). The number of aliphatic hydroxyl groups excluding tert-OH is 1. The van der Waals surface area contributed by atoms with E-state index in [1.807, 2.05) is 6.07 Å². The van der Waals surface area contributed by atoms with Crippen LogP contribution in [0.4, 0.5) is 0 Å². The van der Waals surface area contributed by atoms with Crippen LogP contribution in [0.2, 0.25) is 0 Å². The minimum absolute atomic E-state index is 0.0749. The Balaban J connectivity index is 1.79. The predicted molar refractivity (Wildman–Crippen MR) is 82.1 cm³/mol. The molecule has 1 aromatic heterocycles. The number of hydrogen-bond donors (Lipinski definition) is 3. The van der Waals surface area contributed by atoms with Crippen molar-refractivity contribution in [1.82, 2.24) is 10.6 Å². The molecule has 3 N–H and O–H groups in total. The Hall–Kier alpha value is -1.40. The molecule has 0 aliphatic heterocycles. The first kappa shape index (κ1) is 16.0. The molecule has 0 radical (unpaired) electrons. The number of hydrogen-bond acceptors (Lipinski definition) is 4. The molecule has 1 fully saturated rings. The zero-order valence-electron chi connectivity index (χ0n) is 12.2. The maximum Gasteiger partial charge on any atom is 0.261 e. The van der Waals surface area contributed by atoms with E-state index in [1.54, 1.807) is 6.07 Å². The van der Waals surface area contributed by atoms with Gasteiger partial charge in [-0.25, -0.2) is 0 Å². The largest absolute Gasteiger partial charge is 0.393 e. The summed E-state index contributed by atoms with van der Waals surface area (Å²) in [6.45, 7) is 2.55. The SMILES string of the molecule is CC(=O)NCc1ccc(C(=O)NCC2CCCC(O)C2)s1. The molecular weight excluding hydrogens is 288 g/mol. The average molecular weight is 310 g/mol. The predicted octanol–water partition coefficient (Wildman–Crippen LogP) is 1.67. The van der Waals surface area contributed by atoms with Crippen LogP contribution in [-0.2, 0) is 11.3 Å². The van der Waals surface area contributed by atoms with Gasteiger partial charge >= 0.3 is 0 Å². The summed E-state index contributed by atoms with van der Waals surface area (Å²) >= 11 is 1.39. The number of amides is 2. The van der Waals surface area contributed by atoms with Crippen molar-refractivity contribution in [2.45, 2.75) is 45.3 Å². The van der Waals surface area contributed by atoms with Gasteiger partial charge in [-0.15, -0.1) is 11.3 Å². The lowest BCUT2D eigenvalue weighted by molar-refractivity contribution is -0.119. The molecule has 0 aromatic carbocycles. The summed E-state index contributed by atoms with van der Waals surface area (Å²) in [5.41, 5.74) is 0.